The number of H-pyrrole nitrogens is 2. The minimum atomic E-state index is -2.27. The number of methoxy groups -OCH3 is 2. The van der Waals surface area contributed by atoms with Crippen LogP contribution in [0.1, 0.15) is 61.1 Å². The number of rotatable bonds is 17. The number of aromatic nitrogens is 2. The molecule has 2 aliphatic heterocycles. The summed E-state index contributed by atoms with van der Waals surface area (Å²) in [5.41, 5.74) is 12.8. The summed E-state index contributed by atoms with van der Waals surface area (Å²) < 4.78 is 10.8. The third-order valence-electron chi connectivity index (χ3n) is 15.5. The number of aromatic amines is 2. The molecule has 6 atom stereocenters. The van der Waals surface area contributed by atoms with Crippen molar-refractivity contribution in [1.82, 2.24) is 29.6 Å². The number of carboxylic acid groups (broad SMARTS) is 2. The molecule has 0 spiro atoms. The molecule has 0 radical (unpaired) electrons. The van der Waals surface area contributed by atoms with Crippen LogP contribution >= 0.6 is 0 Å². The van der Waals surface area contributed by atoms with Crippen LogP contribution in [-0.2, 0) is 44.9 Å². The van der Waals surface area contributed by atoms with Crippen LogP contribution in [-0.4, -0.2) is 165 Å². The number of amides is 2. The fraction of sp³-hybridized carbons (Fsp3) is 0.400. The summed E-state index contributed by atoms with van der Waals surface area (Å²) in [5, 5.41) is 35.2. The molecule has 2 unspecified atom stereocenters. The molecule has 0 fully saturated rings. The second-order valence-electron chi connectivity index (χ2n) is 19.8. The molecular formula is C60H72N6O10. The molecule has 76 heavy (non-hydrogen) atoms. The first kappa shape index (κ1) is 55.0. The smallest absolute Gasteiger partial charge is 0.335 e. The van der Waals surface area contributed by atoms with E-state index < -0.39 is 24.1 Å². The molecule has 4 aliphatic rings. The summed E-state index contributed by atoms with van der Waals surface area (Å²) in [7, 11) is 3.42. The molecule has 0 saturated heterocycles. The second kappa shape index (κ2) is 24.6. The maximum absolute atomic E-state index is 13.4. The first-order valence-corrected chi connectivity index (χ1v) is 26.5. The van der Waals surface area contributed by atoms with Gasteiger partial charge in [0.05, 0.1) is 26.1 Å². The molecule has 4 heterocycles. The van der Waals surface area contributed by atoms with Gasteiger partial charge in [0.1, 0.15) is 11.5 Å². The predicted molar refractivity (Wildman–Crippen MR) is 294 cm³/mol. The number of hydrogen-bond acceptors (Lipinski definition) is 10. The van der Waals surface area contributed by atoms with Crippen LogP contribution in [0, 0.1) is 11.8 Å². The van der Waals surface area contributed by atoms with E-state index in [0.29, 0.717) is 12.1 Å². The zero-order valence-corrected chi connectivity index (χ0v) is 44.4. The van der Waals surface area contributed by atoms with Crippen LogP contribution in [0.5, 0.6) is 11.5 Å². The van der Waals surface area contributed by atoms with Crippen LogP contribution < -0.4 is 9.47 Å². The first-order chi connectivity index (χ1) is 36.7. The Hall–Kier alpha value is -7.24. The van der Waals surface area contributed by atoms with Gasteiger partial charge in [-0.1, -0.05) is 60.7 Å². The standard InChI is InChI=1S/2C28H33N3O2.C4H6O6/c2*1-4-30(5-2)28(32)21-15-24-23-10-7-11-25-27(23)20(17-29-25)16-26(24)31(18-21)13-12-19-8-6-9-22(14-19)33-3;5-1(3(7)8)2(6)4(9)10/h2*6-11,14-15,17,21,26,29H,4-5,12-13,16,18H2,1-3H3;1-2,5-6H,(H,7,8)(H,9,10)/t2*21-,26-;/m11./s1. The zero-order chi connectivity index (χ0) is 54.2. The molecular weight excluding hydrogens is 965 g/mol. The zero-order valence-electron chi connectivity index (χ0n) is 44.4. The van der Waals surface area contributed by atoms with Crippen molar-refractivity contribution in [2.24, 2.45) is 11.8 Å². The highest BCUT2D eigenvalue weighted by atomic mass is 16.5. The Balaban J connectivity index is 0.000000171. The van der Waals surface area contributed by atoms with Crippen molar-refractivity contribution in [3.63, 3.8) is 0 Å². The third-order valence-corrected chi connectivity index (χ3v) is 15.5. The van der Waals surface area contributed by atoms with Crippen molar-refractivity contribution < 1.29 is 49.1 Å². The number of aliphatic carboxylic acids is 2. The van der Waals surface area contributed by atoms with E-state index >= 15 is 0 Å². The fourth-order valence-corrected chi connectivity index (χ4v) is 11.5. The summed E-state index contributed by atoms with van der Waals surface area (Å²) >= 11 is 0. The fourth-order valence-electron chi connectivity index (χ4n) is 11.5. The SMILES string of the molecule is CCN(CC)C(=O)[C@@H]1C=C2c3cccc4[nH]cc(c34)C[C@H]2N(CCc2cccc(OC)c2)C1.CCN(CC)C(=O)[C@@H]1C=C2c3cccc4[nH]cc(c34)C[C@H]2N(CCc2cccc(OC)c2)C1.O=C(O)C(O)C(O)C(=O)O. The molecule has 6 aromatic rings. The average Bonchev–Trinajstić information content (AvgIpc) is 4.07. The van der Waals surface area contributed by atoms with Gasteiger partial charge in [-0.05, 0) is 134 Å². The summed E-state index contributed by atoms with van der Waals surface area (Å²) in [4.78, 5) is 62.3. The highest BCUT2D eigenvalue weighted by Crippen LogP contribution is 2.43. The monoisotopic (exact) mass is 1040 g/mol. The molecule has 10 rings (SSSR count). The predicted octanol–water partition coefficient (Wildman–Crippen LogP) is 6.93. The molecule has 2 amide bonds. The lowest BCUT2D eigenvalue weighted by atomic mass is 9.79. The number of aliphatic hydroxyl groups excluding tert-OH is 2. The van der Waals surface area contributed by atoms with E-state index in [0.717, 1.165) is 89.5 Å². The Morgan fingerprint density at radius 1 is 0.592 bits per heavy atom. The quantitative estimate of drug-likeness (QED) is 0.0549. The lowest BCUT2D eigenvalue weighted by Gasteiger charge is -2.42. The number of nitrogens with one attached hydrogen (secondary N) is 2. The molecule has 0 bridgehead atoms. The van der Waals surface area contributed by atoms with E-state index in [1.54, 1.807) is 14.2 Å². The van der Waals surface area contributed by atoms with Gasteiger partial charge in [0.25, 0.3) is 0 Å². The van der Waals surface area contributed by atoms with Crippen LogP contribution in [0.2, 0.25) is 0 Å². The van der Waals surface area contributed by atoms with Crippen molar-refractivity contribution >= 4 is 56.7 Å². The molecule has 2 aromatic heterocycles. The Labute approximate surface area is 444 Å². The normalized spacial score (nSPS) is 19.3. The number of nitrogens with zero attached hydrogens (tertiary/aromatic N) is 4. The number of carboxylic acids is 2. The van der Waals surface area contributed by atoms with Gasteiger partial charge in [-0.3, -0.25) is 19.4 Å². The lowest BCUT2D eigenvalue weighted by molar-refractivity contribution is -0.165. The van der Waals surface area contributed by atoms with Crippen molar-refractivity contribution in [2.75, 3.05) is 66.6 Å². The molecule has 402 valence electrons. The van der Waals surface area contributed by atoms with Gasteiger partial charge in [-0.2, -0.15) is 0 Å². The minimum Gasteiger partial charge on any atom is -0.497 e. The Morgan fingerprint density at radius 2 is 0.974 bits per heavy atom. The van der Waals surface area contributed by atoms with E-state index in [1.807, 2.05) is 21.9 Å². The van der Waals surface area contributed by atoms with Crippen LogP contribution in [0.4, 0.5) is 0 Å². The summed E-state index contributed by atoms with van der Waals surface area (Å²) in [6, 6.07) is 30.2. The summed E-state index contributed by atoms with van der Waals surface area (Å²) in [6.45, 7) is 14.6. The molecule has 6 N–H and O–H groups in total. The first-order valence-electron chi connectivity index (χ1n) is 26.5. The minimum absolute atomic E-state index is 0.114. The second-order valence-corrected chi connectivity index (χ2v) is 19.8. The summed E-state index contributed by atoms with van der Waals surface area (Å²) in [5.74, 6) is -1.50. The third kappa shape index (κ3) is 11.7. The average molecular weight is 1040 g/mol. The van der Waals surface area contributed by atoms with Gasteiger partial charge < -0.3 is 49.7 Å². The van der Waals surface area contributed by atoms with Gasteiger partial charge in [0, 0.05) is 98.6 Å². The molecule has 4 aromatic carbocycles. The number of benzene rings is 4. The van der Waals surface area contributed by atoms with Crippen molar-refractivity contribution in [2.45, 2.75) is 77.7 Å². The van der Waals surface area contributed by atoms with Crippen molar-refractivity contribution in [3.8, 4) is 11.5 Å². The number of aliphatic hydroxyl groups is 2. The highest BCUT2D eigenvalue weighted by Gasteiger charge is 2.40. The highest BCUT2D eigenvalue weighted by molar-refractivity contribution is 6.00. The lowest BCUT2D eigenvalue weighted by Crippen LogP contribution is -2.49. The number of ether oxygens (including phenoxy) is 2. The number of hydrogen-bond donors (Lipinski definition) is 6. The molecule has 16 heteroatoms. The van der Waals surface area contributed by atoms with Gasteiger partial charge in [0.2, 0.25) is 11.8 Å². The van der Waals surface area contributed by atoms with E-state index in [4.69, 9.17) is 29.9 Å². The van der Waals surface area contributed by atoms with E-state index in [9.17, 15) is 19.2 Å². The Morgan fingerprint density at radius 3 is 1.33 bits per heavy atom. The number of fused-ring (bicyclic) bond motifs is 4. The number of carbonyl (C=O) groups excluding carboxylic acids is 2. The maximum atomic E-state index is 13.4. The van der Waals surface area contributed by atoms with Gasteiger partial charge in [-0.25, -0.2) is 9.59 Å². The van der Waals surface area contributed by atoms with E-state index in [1.165, 1.54) is 66.3 Å². The van der Waals surface area contributed by atoms with Gasteiger partial charge in [-0.15, -0.1) is 0 Å². The topological polar surface area (TPSA) is 212 Å². The number of carbonyl (C=O) groups is 4. The Kier molecular flexibility index (Phi) is 17.8. The maximum Gasteiger partial charge on any atom is 0.335 e. The van der Waals surface area contributed by atoms with Crippen LogP contribution in [0.25, 0.3) is 33.0 Å². The largest absolute Gasteiger partial charge is 0.497 e. The van der Waals surface area contributed by atoms with Crippen LogP contribution in [0.3, 0.4) is 0 Å². The van der Waals surface area contributed by atoms with Crippen LogP contribution in [0.15, 0.2) is 109 Å². The van der Waals surface area contributed by atoms with Crippen molar-refractivity contribution in [1.29, 1.82) is 0 Å². The van der Waals surface area contributed by atoms with Gasteiger partial charge >= 0.3 is 11.9 Å². The van der Waals surface area contributed by atoms with E-state index in [-0.39, 0.29) is 23.7 Å². The Bertz CT molecular complexity index is 2890. The molecule has 16 nitrogen and oxygen atoms in total. The van der Waals surface area contributed by atoms with Crippen molar-refractivity contribution in [3.05, 3.63) is 143 Å². The summed E-state index contributed by atoms with van der Waals surface area (Å²) in [6.07, 6.45) is 8.16. The molecule has 0 saturated carbocycles. The molecule has 2 aliphatic carbocycles. The van der Waals surface area contributed by atoms with E-state index in [2.05, 4.69) is 145 Å². The van der Waals surface area contributed by atoms with Gasteiger partial charge in [0.15, 0.2) is 12.2 Å².